The van der Waals surface area contributed by atoms with Gasteiger partial charge in [0.15, 0.2) is 0 Å². The zero-order valence-corrected chi connectivity index (χ0v) is 16.4. The molecule has 140 valence electrons. The maximum absolute atomic E-state index is 13.0. The monoisotopic (exact) mass is 404 g/mol. The van der Waals surface area contributed by atoms with Crippen molar-refractivity contribution in [3.8, 4) is 0 Å². The van der Waals surface area contributed by atoms with Crippen molar-refractivity contribution in [3.05, 3.63) is 34.7 Å². The van der Waals surface area contributed by atoms with Gasteiger partial charge in [0.05, 0.1) is 16.2 Å². The summed E-state index contributed by atoms with van der Waals surface area (Å²) in [4.78, 5) is 51.6. The molecule has 1 saturated heterocycles. The Labute approximate surface area is 165 Å². The molecule has 1 aromatic carbocycles. The lowest BCUT2D eigenvalue weighted by Crippen LogP contribution is -2.47. The van der Waals surface area contributed by atoms with Gasteiger partial charge in [-0.1, -0.05) is 56.0 Å². The predicted octanol–water partition coefficient (Wildman–Crippen LogP) is 2.26. The number of thiocarbonyl (C=S) groups is 1. The lowest BCUT2D eigenvalue weighted by atomic mass is 10.0. The predicted molar refractivity (Wildman–Crippen MR) is 105 cm³/mol. The van der Waals surface area contributed by atoms with Crippen molar-refractivity contribution in [2.24, 2.45) is 5.92 Å². The molecule has 1 N–H and O–H groups in total. The third-order valence-corrected chi connectivity index (χ3v) is 5.74. The van der Waals surface area contributed by atoms with E-state index in [2.05, 4.69) is 0 Å². The minimum Gasteiger partial charge on any atom is -0.480 e. The Bertz CT molecular complexity index is 937. The first kappa shape index (κ1) is 19.2. The van der Waals surface area contributed by atoms with E-state index in [9.17, 15) is 24.3 Å². The van der Waals surface area contributed by atoms with Crippen molar-refractivity contribution >= 4 is 63.3 Å². The normalized spacial score (nSPS) is 20.5. The molecule has 0 aliphatic carbocycles. The summed E-state index contributed by atoms with van der Waals surface area (Å²) >= 11 is 6.13. The van der Waals surface area contributed by atoms with Crippen molar-refractivity contribution < 1.29 is 24.3 Å². The molecule has 1 atom stereocenters. The zero-order chi connectivity index (χ0) is 20.0. The summed E-state index contributed by atoms with van der Waals surface area (Å²) < 4.78 is 0.0788. The molecular weight excluding hydrogens is 388 g/mol. The van der Waals surface area contributed by atoms with Gasteiger partial charge in [-0.25, -0.2) is 9.69 Å². The number of thioether (sulfide) groups is 1. The molecule has 0 aromatic heterocycles. The molecule has 3 amide bonds. The molecule has 2 heterocycles. The number of hydrogen-bond acceptors (Lipinski definition) is 6. The van der Waals surface area contributed by atoms with Crippen LogP contribution in [0.15, 0.2) is 29.2 Å². The number of carboxylic acid groups (broad SMARTS) is 1. The first-order chi connectivity index (χ1) is 12.7. The van der Waals surface area contributed by atoms with Gasteiger partial charge in [-0.2, -0.15) is 0 Å². The zero-order valence-electron chi connectivity index (χ0n) is 14.8. The number of imide groups is 1. The van der Waals surface area contributed by atoms with Crippen LogP contribution in [0.1, 0.15) is 26.3 Å². The number of para-hydroxylation sites is 1. The number of benzene rings is 1. The molecule has 27 heavy (non-hydrogen) atoms. The van der Waals surface area contributed by atoms with Gasteiger partial charge in [0.25, 0.3) is 11.8 Å². The summed E-state index contributed by atoms with van der Waals surface area (Å²) in [5.74, 6) is -3.26. The molecule has 2 aliphatic rings. The second-order valence-electron chi connectivity index (χ2n) is 6.45. The number of hydrogen-bond donors (Lipinski definition) is 1. The highest BCUT2D eigenvalue weighted by Gasteiger charge is 2.47. The van der Waals surface area contributed by atoms with Crippen LogP contribution in [0.4, 0.5) is 5.69 Å². The first-order valence-electron chi connectivity index (χ1n) is 8.13. The maximum atomic E-state index is 13.0. The molecule has 7 nitrogen and oxygen atoms in total. The minimum atomic E-state index is -1.17. The largest absolute Gasteiger partial charge is 0.480 e. The maximum Gasteiger partial charge on any atom is 0.327 e. The van der Waals surface area contributed by atoms with E-state index in [4.69, 9.17) is 12.2 Å². The summed E-state index contributed by atoms with van der Waals surface area (Å²) in [6.07, 6.45) is 0. The molecule has 0 spiro atoms. The van der Waals surface area contributed by atoms with Gasteiger partial charge in [-0.3, -0.25) is 19.3 Å². The van der Waals surface area contributed by atoms with E-state index in [-0.39, 0.29) is 20.7 Å². The molecule has 0 bridgehead atoms. The van der Waals surface area contributed by atoms with E-state index in [0.717, 1.165) is 21.6 Å². The lowest BCUT2D eigenvalue weighted by molar-refractivity contribution is -0.146. The molecule has 2 aliphatic heterocycles. The van der Waals surface area contributed by atoms with Gasteiger partial charge in [0, 0.05) is 12.5 Å². The summed E-state index contributed by atoms with van der Waals surface area (Å²) in [5, 5.41) is 9.52. The third kappa shape index (κ3) is 2.96. The molecule has 1 aromatic rings. The van der Waals surface area contributed by atoms with E-state index < -0.39 is 29.7 Å². The standard InChI is InChI=1S/C18H16N2O5S2/c1-8(2)13(17(24)25)20-16(23)14(27-18(20)26)12-10-6-4-5-7-11(10)19(9(3)21)15(12)22/h4-8,13H,1-3H3,(H,24,25)/b14-12-/t13-/m1/s1. The van der Waals surface area contributed by atoms with Crippen LogP contribution >= 0.6 is 24.0 Å². The summed E-state index contributed by atoms with van der Waals surface area (Å²) in [7, 11) is 0. The van der Waals surface area contributed by atoms with Crippen molar-refractivity contribution in [1.82, 2.24) is 4.90 Å². The molecule has 3 rings (SSSR count). The average molecular weight is 404 g/mol. The highest BCUT2D eigenvalue weighted by Crippen LogP contribution is 2.45. The second-order valence-corrected chi connectivity index (χ2v) is 8.10. The van der Waals surface area contributed by atoms with Crippen molar-refractivity contribution in [3.63, 3.8) is 0 Å². The third-order valence-electron chi connectivity index (χ3n) is 4.33. The van der Waals surface area contributed by atoms with Crippen molar-refractivity contribution in [2.75, 3.05) is 4.90 Å². The SMILES string of the molecule is CC(=O)N1C(=O)/C(=C2\SC(=S)N([C@@H](C(=O)O)C(C)C)C2=O)c2ccccc21. The van der Waals surface area contributed by atoms with Gasteiger partial charge in [0.2, 0.25) is 5.91 Å². The molecule has 0 unspecified atom stereocenters. The Kier molecular flexibility index (Phi) is 4.92. The highest BCUT2D eigenvalue weighted by molar-refractivity contribution is 8.26. The summed E-state index contributed by atoms with van der Waals surface area (Å²) in [5.41, 5.74) is 0.928. The number of fused-ring (bicyclic) bond motifs is 1. The summed E-state index contributed by atoms with van der Waals surface area (Å²) in [6.45, 7) is 4.62. The van der Waals surface area contributed by atoms with Crippen LogP contribution in [0.25, 0.3) is 5.57 Å². The number of anilines is 1. The van der Waals surface area contributed by atoms with E-state index in [0.29, 0.717) is 11.3 Å². The van der Waals surface area contributed by atoms with Gasteiger partial charge < -0.3 is 5.11 Å². The Morgan fingerprint density at radius 2 is 1.78 bits per heavy atom. The van der Waals surface area contributed by atoms with Gasteiger partial charge in [-0.05, 0) is 12.0 Å². The second kappa shape index (κ2) is 6.90. The quantitative estimate of drug-likeness (QED) is 0.610. The molecule has 0 radical (unpaired) electrons. The molecular formula is C18H16N2O5S2. The number of rotatable bonds is 3. The Hall–Kier alpha value is -2.52. The van der Waals surface area contributed by atoms with Crippen molar-refractivity contribution in [1.29, 1.82) is 0 Å². The van der Waals surface area contributed by atoms with Crippen LogP contribution in [-0.4, -0.2) is 44.1 Å². The fourth-order valence-electron chi connectivity index (χ4n) is 3.21. The lowest BCUT2D eigenvalue weighted by Gasteiger charge is -2.26. The smallest absolute Gasteiger partial charge is 0.327 e. The van der Waals surface area contributed by atoms with E-state index in [1.807, 2.05) is 0 Å². The van der Waals surface area contributed by atoms with Gasteiger partial charge in [0.1, 0.15) is 10.4 Å². The van der Waals surface area contributed by atoms with Gasteiger partial charge >= 0.3 is 5.97 Å². The Morgan fingerprint density at radius 3 is 2.33 bits per heavy atom. The fraction of sp³-hybridized carbons (Fsp3) is 0.278. The van der Waals surface area contributed by atoms with Crippen LogP contribution in [-0.2, 0) is 19.2 Å². The van der Waals surface area contributed by atoms with Crippen LogP contribution < -0.4 is 4.90 Å². The number of nitrogens with zero attached hydrogens (tertiary/aromatic N) is 2. The van der Waals surface area contributed by atoms with E-state index in [1.165, 1.54) is 6.92 Å². The minimum absolute atomic E-state index is 0.0492. The van der Waals surface area contributed by atoms with Gasteiger partial charge in [-0.15, -0.1) is 0 Å². The number of carbonyl (C=O) groups excluding carboxylic acids is 3. The number of aliphatic carboxylic acids is 1. The van der Waals surface area contributed by atoms with Crippen molar-refractivity contribution in [2.45, 2.75) is 26.8 Å². The van der Waals surface area contributed by atoms with E-state index in [1.54, 1.807) is 38.1 Å². The average Bonchev–Trinajstić information content (AvgIpc) is 3.01. The number of carboxylic acids is 1. The molecule has 1 fully saturated rings. The highest BCUT2D eigenvalue weighted by atomic mass is 32.2. The number of amides is 3. The van der Waals surface area contributed by atoms with Crippen LogP contribution in [0, 0.1) is 5.92 Å². The molecule has 9 heteroatoms. The van der Waals surface area contributed by atoms with Crippen LogP contribution in [0.5, 0.6) is 0 Å². The number of carbonyl (C=O) groups is 4. The topological polar surface area (TPSA) is 95.0 Å². The Balaban J connectivity index is 2.16. The molecule has 0 saturated carbocycles. The van der Waals surface area contributed by atoms with E-state index >= 15 is 0 Å². The summed E-state index contributed by atoms with van der Waals surface area (Å²) in [6, 6.07) is 5.53. The first-order valence-corrected chi connectivity index (χ1v) is 9.36. The van der Waals surface area contributed by atoms with Crippen LogP contribution in [0.3, 0.4) is 0 Å². The fourth-order valence-corrected chi connectivity index (χ4v) is 4.61. The Morgan fingerprint density at radius 1 is 1.15 bits per heavy atom. The van der Waals surface area contributed by atoms with Crippen LogP contribution in [0.2, 0.25) is 0 Å².